The molecule has 2 N–H and O–H groups in total. The zero-order chi connectivity index (χ0) is 21.3. The second kappa shape index (κ2) is 8.23. The van der Waals surface area contributed by atoms with E-state index in [2.05, 4.69) is 14.2 Å². The van der Waals surface area contributed by atoms with Crippen molar-refractivity contribution in [1.29, 1.82) is 0 Å². The number of halogens is 1. The molecule has 0 aliphatic rings. The van der Waals surface area contributed by atoms with Crippen LogP contribution < -0.4 is 11.0 Å². The molecule has 0 bridgehead atoms. The molecule has 6 nitrogen and oxygen atoms in total. The summed E-state index contributed by atoms with van der Waals surface area (Å²) in [6.45, 7) is 5.78. The van der Waals surface area contributed by atoms with Crippen LogP contribution >= 0.6 is 9.24 Å². The molecule has 0 spiro atoms. The van der Waals surface area contributed by atoms with E-state index in [1.165, 1.54) is 28.3 Å². The molecule has 29 heavy (non-hydrogen) atoms. The van der Waals surface area contributed by atoms with Crippen LogP contribution in [0.3, 0.4) is 0 Å². The highest BCUT2D eigenvalue weighted by atomic mass is 31.0. The van der Waals surface area contributed by atoms with Crippen molar-refractivity contribution in [3.63, 3.8) is 0 Å². The van der Waals surface area contributed by atoms with E-state index in [0.717, 1.165) is 17.2 Å². The van der Waals surface area contributed by atoms with Crippen LogP contribution in [0, 0.1) is 19.7 Å². The molecule has 8 heteroatoms. The minimum absolute atomic E-state index is 0.0404. The minimum Gasteiger partial charge on any atom is -0.288 e. The molecule has 1 amide bonds. The number of aromatic nitrogens is 2. The number of hydrogen-bond acceptors (Lipinski definition) is 4. The predicted octanol–water partition coefficient (Wildman–Crippen LogP) is 3.60. The van der Waals surface area contributed by atoms with Crippen LogP contribution in [0.25, 0.3) is 22.7 Å². The minimum atomic E-state index is -0.803. The van der Waals surface area contributed by atoms with E-state index in [9.17, 15) is 14.0 Å². The van der Waals surface area contributed by atoms with Gasteiger partial charge in [-0.15, -0.1) is 9.24 Å². The number of carbonyl (C=O) groups is 1. The molecule has 0 fully saturated rings. The molecule has 1 aromatic heterocycles. The number of rotatable bonds is 4. The number of carbonyl (C=O) groups excluding carboxylic acids is 1. The zero-order valence-electron chi connectivity index (χ0n) is 16.2. The van der Waals surface area contributed by atoms with Crippen LogP contribution in [0.4, 0.5) is 4.39 Å². The fourth-order valence-corrected chi connectivity index (χ4v) is 3.43. The van der Waals surface area contributed by atoms with Crippen molar-refractivity contribution in [2.45, 2.75) is 26.4 Å². The molecule has 0 aliphatic heterocycles. The Morgan fingerprint density at radius 2 is 1.90 bits per heavy atom. The van der Waals surface area contributed by atoms with Crippen molar-refractivity contribution in [2.24, 2.45) is 0 Å². The molecule has 150 valence electrons. The van der Waals surface area contributed by atoms with Crippen molar-refractivity contribution in [2.75, 3.05) is 0 Å². The van der Waals surface area contributed by atoms with Crippen LogP contribution in [0.15, 0.2) is 41.2 Å². The molecule has 2 unspecified atom stereocenters. The van der Waals surface area contributed by atoms with Gasteiger partial charge >= 0.3 is 0 Å². The average Bonchev–Trinajstić information content (AvgIpc) is 2.65. The van der Waals surface area contributed by atoms with Crippen LogP contribution in [-0.2, 0) is 4.79 Å². The summed E-state index contributed by atoms with van der Waals surface area (Å²) in [5.41, 5.74) is 3.94. The number of nitrogens with one attached hydrogen (secondary N) is 1. The van der Waals surface area contributed by atoms with E-state index in [4.69, 9.17) is 5.21 Å². The molecule has 2 aromatic carbocycles. The fraction of sp³-hybridized carbons (Fsp3) is 0.190. The molecule has 1 heterocycles. The maximum Gasteiger partial charge on any atom is 0.267 e. The molecule has 0 saturated heterocycles. The number of benzene rings is 2. The molecule has 0 radical (unpaired) electrons. The maximum absolute atomic E-state index is 14.5. The maximum atomic E-state index is 14.5. The van der Waals surface area contributed by atoms with Crippen molar-refractivity contribution in [3.8, 4) is 5.69 Å². The van der Waals surface area contributed by atoms with Gasteiger partial charge in [-0.1, -0.05) is 13.0 Å². The molecule has 0 aliphatic carbocycles. The summed E-state index contributed by atoms with van der Waals surface area (Å²) in [6.07, 6.45) is 2.16. The standard InChI is InChI=1S/C21H21FN3O3P/c1-11-6-12(2)8-15(7-11)25-20(13(3)29)23-18-10-17(22)14(4-5-19(26)24-28)9-16(18)21(25)27/h4-10,13,28H,29H2,1-3H3,(H,24,26)/b5-4+. The number of amides is 1. The van der Waals surface area contributed by atoms with Gasteiger partial charge in [0.1, 0.15) is 11.6 Å². The number of fused-ring (bicyclic) bond motifs is 1. The van der Waals surface area contributed by atoms with Crippen LogP contribution in [0.5, 0.6) is 0 Å². The summed E-state index contributed by atoms with van der Waals surface area (Å²) in [4.78, 5) is 29.1. The van der Waals surface area contributed by atoms with Gasteiger partial charge in [0.05, 0.1) is 16.6 Å². The summed E-state index contributed by atoms with van der Waals surface area (Å²) in [5, 5.41) is 8.80. The first-order valence-electron chi connectivity index (χ1n) is 8.94. The Balaban J connectivity index is 2.33. The van der Waals surface area contributed by atoms with Crippen LogP contribution in [-0.4, -0.2) is 20.7 Å². The largest absolute Gasteiger partial charge is 0.288 e. The Bertz CT molecular complexity index is 1180. The van der Waals surface area contributed by atoms with Gasteiger partial charge in [0, 0.05) is 23.4 Å². The Morgan fingerprint density at radius 3 is 2.48 bits per heavy atom. The predicted molar refractivity (Wildman–Crippen MR) is 114 cm³/mol. The monoisotopic (exact) mass is 413 g/mol. The van der Waals surface area contributed by atoms with Gasteiger partial charge in [0.2, 0.25) is 0 Å². The Morgan fingerprint density at radius 1 is 1.24 bits per heavy atom. The van der Waals surface area contributed by atoms with E-state index >= 15 is 0 Å². The lowest BCUT2D eigenvalue weighted by atomic mass is 10.1. The summed E-state index contributed by atoms with van der Waals surface area (Å²) in [5.74, 6) is -0.930. The lowest BCUT2D eigenvalue weighted by molar-refractivity contribution is -0.124. The second-order valence-electron chi connectivity index (χ2n) is 6.95. The zero-order valence-corrected chi connectivity index (χ0v) is 17.4. The van der Waals surface area contributed by atoms with E-state index in [0.29, 0.717) is 11.5 Å². The molecule has 0 saturated carbocycles. The lowest BCUT2D eigenvalue weighted by Gasteiger charge is -2.17. The van der Waals surface area contributed by atoms with Gasteiger partial charge in [-0.05, 0) is 49.2 Å². The van der Waals surface area contributed by atoms with Gasteiger partial charge < -0.3 is 0 Å². The number of hydroxylamine groups is 1. The molecule has 2 atom stereocenters. The van der Waals surface area contributed by atoms with Gasteiger partial charge in [-0.25, -0.2) is 14.9 Å². The SMILES string of the molecule is Cc1cc(C)cc(-n2c(C(C)P)nc3cc(F)c(/C=C/C(=O)NO)cc3c2=O)c1. The number of aryl methyl sites for hydroxylation is 2. The fourth-order valence-electron chi connectivity index (χ4n) is 3.21. The molecule has 3 aromatic rings. The average molecular weight is 413 g/mol. The van der Waals surface area contributed by atoms with Crippen molar-refractivity contribution in [3.05, 3.63) is 75.1 Å². The topological polar surface area (TPSA) is 84.2 Å². The lowest BCUT2D eigenvalue weighted by Crippen LogP contribution is -2.24. The van der Waals surface area contributed by atoms with Crippen molar-refractivity contribution >= 4 is 32.1 Å². The van der Waals surface area contributed by atoms with Gasteiger partial charge in [0.15, 0.2) is 0 Å². The quantitative estimate of drug-likeness (QED) is 0.296. The van der Waals surface area contributed by atoms with Gasteiger partial charge in [0.25, 0.3) is 11.5 Å². The molecular formula is C21H21FN3O3P. The Kier molecular flexibility index (Phi) is 5.91. The summed E-state index contributed by atoms with van der Waals surface area (Å²) >= 11 is 0. The highest BCUT2D eigenvalue weighted by Crippen LogP contribution is 2.26. The summed E-state index contributed by atoms with van der Waals surface area (Å²) in [7, 11) is 2.61. The Hall–Kier alpha value is -2.89. The number of nitrogens with zero attached hydrogens (tertiary/aromatic N) is 2. The smallest absolute Gasteiger partial charge is 0.267 e. The first-order chi connectivity index (χ1) is 13.7. The van der Waals surface area contributed by atoms with Gasteiger partial charge in [-0.3, -0.25) is 19.4 Å². The Labute approximate surface area is 169 Å². The van der Waals surface area contributed by atoms with E-state index < -0.39 is 11.7 Å². The van der Waals surface area contributed by atoms with Crippen LogP contribution in [0.2, 0.25) is 0 Å². The van der Waals surface area contributed by atoms with E-state index in [1.807, 2.05) is 39.0 Å². The van der Waals surface area contributed by atoms with Crippen molar-refractivity contribution in [1.82, 2.24) is 15.0 Å². The van der Waals surface area contributed by atoms with Gasteiger partial charge in [-0.2, -0.15) is 0 Å². The number of hydrogen-bond donors (Lipinski definition) is 2. The van der Waals surface area contributed by atoms with E-state index in [1.54, 1.807) is 0 Å². The first-order valence-corrected chi connectivity index (χ1v) is 9.60. The third-order valence-electron chi connectivity index (χ3n) is 4.41. The third kappa shape index (κ3) is 4.26. The summed E-state index contributed by atoms with van der Waals surface area (Å²) < 4.78 is 16.0. The first kappa shape index (κ1) is 20.8. The molecular weight excluding hydrogens is 392 g/mol. The molecule has 3 rings (SSSR count). The summed E-state index contributed by atoms with van der Waals surface area (Å²) in [6, 6.07) is 8.34. The van der Waals surface area contributed by atoms with Crippen molar-refractivity contribution < 1.29 is 14.4 Å². The normalized spacial score (nSPS) is 12.5. The second-order valence-corrected chi connectivity index (χ2v) is 7.95. The third-order valence-corrected chi connectivity index (χ3v) is 4.71. The van der Waals surface area contributed by atoms with Crippen LogP contribution in [0.1, 0.15) is 35.1 Å². The highest BCUT2D eigenvalue weighted by Gasteiger charge is 2.17. The highest BCUT2D eigenvalue weighted by molar-refractivity contribution is 7.17. The van der Waals surface area contributed by atoms with E-state index in [-0.39, 0.29) is 27.7 Å².